The number of carbonyl (C=O) groups excluding carboxylic acids is 2. The SMILES string of the molecule is COc1cc(NC(=O)C2CC2)c(Cl)cc1C(=O)N[C@H]1CCN(Cc2ccccn2)C1. The molecule has 30 heavy (non-hydrogen) atoms. The molecule has 2 aromatic rings. The van der Waals surface area contributed by atoms with E-state index < -0.39 is 0 Å². The number of anilines is 1. The van der Waals surface area contributed by atoms with Crippen molar-refractivity contribution >= 4 is 29.1 Å². The maximum atomic E-state index is 12.9. The number of aromatic nitrogens is 1. The number of rotatable bonds is 7. The van der Waals surface area contributed by atoms with Crippen LogP contribution in [0.4, 0.5) is 5.69 Å². The van der Waals surface area contributed by atoms with E-state index >= 15 is 0 Å². The summed E-state index contributed by atoms with van der Waals surface area (Å²) in [7, 11) is 1.50. The van der Waals surface area contributed by atoms with Crippen LogP contribution >= 0.6 is 11.6 Å². The second-order valence-corrected chi connectivity index (χ2v) is 8.22. The molecule has 2 aliphatic rings. The van der Waals surface area contributed by atoms with Gasteiger partial charge in [-0.25, -0.2) is 0 Å². The number of amides is 2. The van der Waals surface area contributed by atoms with E-state index in [1.807, 2.05) is 18.2 Å². The van der Waals surface area contributed by atoms with Crippen molar-refractivity contribution in [1.29, 1.82) is 0 Å². The molecule has 2 fully saturated rings. The predicted molar refractivity (Wildman–Crippen MR) is 115 cm³/mol. The highest BCUT2D eigenvalue weighted by molar-refractivity contribution is 6.34. The molecule has 0 unspecified atom stereocenters. The molecular weight excluding hydrogens is 404 g/mol. The number of ether oxygens (including phenoxy) is 1. The van der Waals surface area contributed by atoms with E-state index in [1.165, 1.54) is 7.11 Å². The van der Waals surface area contributed by atoms with Crippen molar-refractivity contribution in [2.24, 2.45) is 5.92 Å². The van der Waals surface area contributed by atoms with Crippen LogP contribution in [0.15, 0.2) is 36.5 Å². The number of likely N-dealkylation sites (tertiary alicyclic amines) is 1. The van der Waals surface area contributed by atoms with Gasteiger partial charge in [0.2, 0.25) is 5.91 Å². The summed E-state index contributed by atoms with van der Waals surface area (Å²) in [5.74, 6) is 0.159. The highest BCUT2D eigenvalue weighted by Crippen LogP contribution is 2.34. The Hall–Kier alpha value is -2.64. The average molecular weight is 429 g/mol. The van der Waals surface area contributed by atoms with Crippen molar-refractivity contribution in [3.8, 4) is 5.75 Å². The molecule has 0 bridgehead atoms. The zero-order valence-electron chi connectivity index (χ0n) is 16.9. The van der Waals surface area contributed by atoms with E-state index in [2.05, 4.69) is 20.5 Å². The molecule has 1 atom stereocenters. The monoisotopic (exact) mass is 428 g/mol. The van der Waals surface area contributed by atoms with Gasteiger partial charge in [0.25, 0.3) is 5.91 Å². The molecule has 1 aliphatic carbocycles. The summed E-state index contributed by atoms with van der Waals surface area (Å²) in [4.78, 5) is 31.6. The Morgan fingerprint density at radius 1 is 1.27 bits per heavy atom. The Morgan fingerprint density at radius 2 is 2.10 bits per heavy atom. The third-order valence-electron chi connectivity index (χ3n) is 5.46. The van der Waals surface area contributed by atoms with Gasteiger partial charge >= 0.3 is 0 Å². The van der Waals surface area contributed by atoms with Gasteiger partial charge in [-0.3, -0.25) is 19.5 Å². The topological polar surface area (TPSA) is 83.6 Å². The van der Waals surface area contributed by atoms with E-state index in [-0.39, 0.29) is 23.8 Å². The quantitative estimate of drug-likeness (QED) is 0.708. The first kappa shape index (κ1) is 20.6. The first-order chi connectivity index (χ1) is 14.5. The predicted octanol–water partition coefficient (Wildman–Crippen LogP) is 3.10. The first-order valence-corrected chi connectivity index (χ1v) is 10.5. The number of hydrogen-bond donors (Lipinski definition) is 2. The van der Waals surface area contributed by atoms with Crippen LogP contribution in [0, 0.1) is 5.92 Å². The lowest BCUT2D eigenvalue weighted by Crippen LogP contribution is -2.37. The van der Waals surface area contributed by atoms with Gasteiger partial charge in [0.15, 0.2) is 0 Å². The van der Waals surface area contributed by atoms with Crippen molar-refractivity contribution in [3.05, 3.63) is 52.8 Å². The molecule has 1 saturated heterocycles. The summed E-state index contributed by atoms with van der Waals surface area (Å²) in [5.41, 5.74) is 1.83. The van der Waals surface area contributed by atoms with Crippen molar-refractivity contribution in [2.45, 2.75) is 31.8 Å². The number of halogens is 1. The third kappa shape index (κ3) is 4.91. The molecule has 1 aliphatic heterocycles. The van der Waals surface area contributed by atoms with E-state index in [4.69, 9.17) is 16.3 Å². The van der Waals surface area contributed by atoms with Crippen molar-refractivity contribution in [3.63, 3.8) is 0 Å². The Balaban J connectivity index is 1.39. The zero-order chi connectivity index (χ0) is 21.1. The van der Waals surface area contributed by atoms with E-state index in [9.17, 15) is 9.59 Å². The van der Waals surface area contributed by atoms with Crippen molar-refractivity contribution in [2.75, 3.05) is 25.5 Å². The van der Waals surface area contributed by atoms with Crippen molar-refractivity contribution in [1.82, 2.24) is 15.2 Å². The van der Waals surface area contributed by atoms with Crippen LogP contribution < -0.4 is 15.4 Å². The van der Waals surface area contributed by atoms with Gasteiger partial charge in [0.1, 0.15) is 5.75 Å². The van der Waals surface area contributed by atoms with Crippen LogP contribution in [0.1, 0.15) is 35.3 Å². The van der Waals surface area contributed by atoms with Gasteiger partial charge in [0.05, 0.1) is 29.1 Å². The van der Waals surface area contributed by atoms with Crippen LogP contribution in [0.3, 0.4) is 0 Å². The van der Waals surface area contributed by atoms with E-state index in [0.29, 0.717) is 22.0 Å². The molecule has 0 radical (unpaired) electrons. The molecule has 2 N–H and O–H groups in total. The average Bonchev–Trinajstić information content (AvgIpc) is 3.51. The summed E-state index contributed by atoms with van der Waals surface area (Å²) < 4.78 is 5.39. The molecule has 1 aromatic carbocycles. The van der Waals surface area contributed by atoms with Gasteiger partial charge in [0, 0.05) is 43.9 Å². The summed E-state index contributed by atoms with van der Waals surface area (Å²) in [6.07, 6.45) is 4.46. The van der Waals surface area contributed by atoms with E-state index in [0.717, 1.165) is 44.6 Å². The molecule has 8 heteroatoms. The lowest BCUT2D eigenvalue weighted by Gasteiger charge is -2.18. The summed E-state index contributed by atoms with van der Waals surface area (Å²) >= 11 is 6.34. The van der Waals surface area contributed by atoms with Gasteiger partial charge in [-0.05, 0) is 37.5 Å². The highest BCUT2D eigenvalue weighted by atomic mass is 35.5. The summed E-state index contributed by atoms with van der Waals surface area (Å²) in [6, 6.07) is 9.09. The minimum absolute atomic E-state index is 0.0407. The van der Waals surface area contributed by atoms with Crippen molar-refractivity contribution < 1.29 is 14.3 Å². The minimum Gasteiger partial charge on any atom is -0.496 e. The molecule has 7 nitrogen and oxygen atoms in total. The van der Waals surface area contributed by atoms with Crippen LogP contribution in [0.25, 0.3) is 0 Å². The molecule has 1 aromatic heterocycles. The van der Waals surface area contributed by atoms with Gasteiger partial charge in [-0.1, -0.05) is 17.7 Å². The fourth-order valence-electron chi connectivity index (χ4n) is 3.65. The molecule has 0 spiro atoms. The number of pyridine rings is 1. The Bertz CT molecular complexity index is 933. The third-order valence-corrected chi connectivity index (χ3v) is 5.77. The maximum absolute atomic E-state index is 12.9. The Morgan fingerprint density at radius 3 is 2.80 bits per heavy atom. The number of methoxy groups -OCH3 is 1. The summed E-state index contributed by atoms with van der Waals surface area (Å²) in [6.45, 7) is 2.41. The first-order valence-electron chi connectivity index (χ1n) is 10.1. The fraction of sp³-hybridized carbons (Fsp3) is 0.409. The molecule has 2 amide bonds. The Labute approximate surface area is 180 Å². The number of nitrogens with one attached hydrogen (secondary N) is 2. The van der Waals surface area contributed by atoms with Gasteiger partial charge in [-0.15, -0.1) is 0 Å². The largest absolute Gasteiger partial charge is 0.496 e. The van der Waals surface area contributed by atoms with Gasteiger partial charge in [-0.2, -0.15) is 0 Å². The smallest absolute Gasteiger partial charge is 0.255 e. The minimum atomic E-state index is -0.237. The molecule has 4 rings (SSSR count). The van der Waals surface area contributed by atoms with Crippen LogP contribution in [0.5, 0.6) is 5.75 Å². The second kappa shape index (κ2) is 9.02. The van der Waals surface area contributed by atoms with E-state index in [1.54, 1.807) is 18.3 Å². The molecule has 1 saturated carbocycles. The number of hydrogen-bond acceptors (Lipinski definition) is 5. The zero-order valence-corrected chi connectivity index (χ0v) is 17.6. The number of carbonyl (C=O) groups is 2. The maximum Gasteiger partial charge on any atom is 0.255 e. The fourth-order valence-corrected chi connectivity index (χ4v) is 3.86. The number of nitrogens with zero attached hydrogens (tertiary/aromatic N) is 2. The molecule has 2 heterocycles. The van der Waals surface area contributed by atoms with Crippen LogP contribution in [-0.4, -0.2) is 47.9 Å². The number of benzene rings is 1. The normalized spacial score (nSPS) is 18.8. The lowest BCUT2D eigenvalue weighted by atomic mass is 10.1. The highest BCUT2D eigenvalue weighted by Gasteiger charge is 2.30. The molecule has 158 valence electrons. The lowest BCUT2D eigenvalue weighted by molar-refractivity contribution is -0.117. The standard InChI is InChI=1S/C22H25ClN4O3/c1-30-20-11-19(26-21(28)14-5-6-14)18(23)10-17(20)22(29)25-16-7-9-27(13-16)12-15-4-2-3-8-24-15/h2-4,8,10-11,14,16H,5-7,9,12-13H2,1H3,(H,25,29)(H,26,28)/t16-/m0/s1. The summed E-state index contributed by atoms with van der Waals surface area (Å²) in [5, 5.41) is 6.21. The Kier molecular flexibility index (Phi) is 6.20. The van der Waals surface area contributed by atoms with Crippen LogP contribution in [-0.2, 0) is 11.3 Å². The van der Waals surface area contributed by atoms with Gasteiger partial charge < -0.3 is 15.4 Å². The molecular formula is C22H25ClN4O3. The second-order valence-electron chi connectivity index (χ2n) is 7.81. The van der Waals surface area contributed by atoms with Crippen LogP contribution in [0.2, 0.25) is 5.02 Å².